The van der Waals surface area contributed by atoms with Gasteiger partial charge in [-0.15, -0.1) is 0 Å². The van der Waals surface area contributed by atoms with E-state index in [1.54, 1.807) is 25.4 Å². The third-order valence-electron chi connectivity index (χ3n) is 4.05. The summed E-state index contributed by atoms with van der Waals surface area (Å²) in [6.45, 7) is -1.01. The summed E-state index contributed by atoms with van der Waals surface area (Å²) >= 11 is 0. The highest BCUT2D eigenvalue weighted by Crippen LogP contribution is 2.28. The Bertz CT molecular complexity index is 754. The van der Waals surface area contributed by atoms with Crippen molar-refractivity contribution < 1.29 is 23.1 Å². The Hall–Kier alpha value is -3.11. The molecule has 2 aromatic rings. The van der Waals surface area contributed by atoms with Crippen molar-refractivity contribution in [2.24, 2.45) is 5.73 Å². The maximum atomic E-state index is 13.6. The van der Waals surface area contributed by atoms with E-state index >= 15 is 0 Å². The van der Waals surface area contributed by atoms with Gasteiger partial charge in [-0.3, -0.25) is 0 Å². The molecule has 1 aliphatic rings. The van der Waals surface area contributed by atoms with Gasteiger partial charge in [0.25, 0.3) is 5.92 Å². The minimum absolute atomic E-state index is 0.122. The number of rotatable bonds is 6. The number of nitrogens with two attached hydrogens (primary N) is 1. The minimum atomic E-state index is -2.96. The molecule has 0 radical (unpaired) electrons. The number of halogens is 2. The van der Waals surface area contributed by atoms with Crippen LogP contribution in [-0.4, -0.2) is 68.5 Å². The second-order valence-electron chi connectivity index (χ2n) is 6.40. The Kier molecular flexibility index (Phi) is 11.7. The smallest absolute Gasteiger partial charge is 0.318 e. The van der Waals surface area contributed by atoms with Crippen LogP contribution in [0.15, 0.2) is 54.7 Å². The molecule has 31 heavy (non-hydrogen) atoms. The van der Waals surface area contributed by atoms with Crippen LogP contribution in [0.5, 0.6) is 0 Å². The molecular weight excluding hydrogens is 408 g/mol. The van der Waals surface area contributed by atoms with Gasteiger partial charge in [0.1, 0.15) is 12.1 Å². The SMILES string of the molecule is CNc1cc(C(COC)N2CC(F)(F)CNC2=O)ccn1.NCC=O.c1ccccc1. The Morgan fingerprint density at radius 2 is 1.90 bits per heavy atom. The third kappa shape index (κ3) is 9.49. The summed E-state index contributed by atoms with van der Waals surface area (Å²) < 4.78 is 32.2. The number of nitrogens with zero attached hydrogens (tertiary/aromatic N) is 2. The topological polar surface area (TPSA) is 110 Å². The molecular formula is C21H29F2N5O3. The monoisotopic (exact) mass is 437 g/mol. The lowest BCUT2D eigenvalue weighted by Crippen LogP contribution is -2.58. The molecule has 0 bridgehead atoms. The lowest BCUT2D eigenvalue weighted by atomic mass is 10.1. The first-order valence-corrected chi connectivity index (χ1v) is 9.57. The fourth-order valence-corrected chi connectivity index (χ4v) is 2.63. The van der Waals surface area contributed by atoms with Crippen LogP contribution in [-0.2, 0) is 9.53 Å². The molecule has 3 rings (SSSR count). The van der Waals surface area contributed by atoms with Gasteiger partial charge in [-0.05, 0) is 17.7 Å². The first kappa shape index (κ1) is 25.9. The number of methoxy groups -OCH3 is 1. The molecule has 1 aromatic heterocycles. The normalized spacial score (nSPS) is 15.3. The largest absolute Gasteiger partial charge is 0.382 e. The number of amides is 2. The van der Waals surface area contributed by atoms with Gasteiger partial charge >= 0.3 is 6.03 Å². The van der Waals surface area contributed by atoms with Gasteiger partial charge in [-0.25, -0.2) is 18.6 Å². The van der Waals surface area contributed by atoms with Gasteiger partial charge in [0.05, 0.1) is 25.7 Å². The van der Waals surface area contributed by atoms with Gasteiger partial charge < -0.3 is 30.8 Å². The van der Waals surface area contributed by atoms with Crippen LogP contribution < -0.4 is 16.4 Å². The lowest BCUT2D eigenvalue weighted by molar-refractivity contribution is -0.106. The lowest BCUT2D eigenvalue weighted by Gasteiger charge is -2.38. The molecule has 1 unspecified atom stereocenters. The summed E-state index contributed by atoms with van der Waals surface area (Å²) in [5.41, 5.74) is 5.34. The van der Waals surface area contributed by atoms with Crippen LogP contribution in [0.25, 0.3) is 0 Å². The van der Waals surface area contributed by atoms with Crippen LogP contribution in [0.1, 0.15) is 11.6 Å². The Morgan fingerprint density at radius 3 is 2.39 bits per heavy atom. The van der Waals surface area contributed by atoms with E-state index in [1.165, 1.54) is 7.11 Å². The van der Waals surface area contributed by atoms with E-state index < -0.39 is 31.1 Å². The molecule has 1 fully saturated rings. The number of carbonyl (C=O) groups is 2. The molecule has 2 amide bonds. The molecule has 2 heterocycles. The maximum absolute atomic E-state index is 13.6. The molecule has 1 saturated heterocycles. The average Bonchev–Trinajstić information content (AvgIpc) is 2.81. The quantitative estimate of drug-likeness (QED) is 0.599. The second kappa shape index (κ2) is 14.0. The zero-order valence-electron chi connectivity index (χ0n) is 17.6. The van der Waals surface area contributed by atoms with E-state index in [-0.39, 0.29) is 13.2 Å². The molecule has 8 nitrogen and oxygen atoms in total. The summed E-state index contributed by atoms with van der Waals surface area (Å²) in [6, 6.07) is 14.3. The zero-order valence-corrected chi connectivity index (χ0v) is 17.6. The molecule has 0 spiro atoms. The van der Waals surface area contributed by atoms with E-state index in [0.29, 0.717) is 17.7 Å². The number of hydrogen-bond donors (Lipinski definition) is 3. The number of hydrogen-bond acceptors (Lipinski definition) is 6. The van der Waals surface area contributed by atoms with Gasteiger partial charge in [-0.1, -0.05) is 36.4 Å². The summed E-state index contributed by atoms with van der Waals surface area (Å²) in [5, 5.41) is 5.09. The first-order chi connectivity index (χ1) is 14.9. The number of alkyl halides is 2. The van der Waals surface area contributed by atoms with E-state index in [9.17, 15) is 13.6 Å². The van der Waals surface area contributed by atoms with Crippen LogP contribution in [0.2, 0.25) is 0 Å². The molecule has 1 aliphatic heterocycles. The van der Waals surface area contributed by atoms with Crippen molar-refractivity contribution in [2.45, 2.75) is 12.0 Å². The molecule has 0 aliphatic carbocycles. The standard InChI is InChI=1S/C13H18F2N4O2.C6H6.C2H5NO/c1-16-11-5-9(3-4-17-11)10(6-21-2)19-8-13(14,15)7-18-12(19)20;1-2-4-6-5-3-1;3-1-2-4/h3-5,10H,6-8H2,1-2H3,(H,16,17)(H,18,20);1-6H;2H,1,3H2. The van der Waals surface area contributed by atoms with Gasteiger partial charge in [-0.2, -0.15) is 0 Å². The number of benzene rings is 1. The van der Waals surface area contributed by atoms with Gasteiger partial charge in [0.2, 0.25) is 0 Å². The summed E-state index contributed by atoms with van der Waals surface area (Å²) in [7, 11) is 3.17. The van der Waals surface area contributed by atoms with Gasteiger partial charge in [0, 0.05) is 26.9 Å². The molecule has 1 aromatic carbocycles. The van der Waals surface area contributed by atoms with E-state index in [0.717, 1.165) is 4.90 Å². The van der Waals surface area contributed by atoms with Crippen LogP contribution in [0.4, 0.5) is 19.4 Å². The second-order valence-corrected chi connectivity index (χ2v) is 6.40. The predicted molar refractivity (Wildman–Crippen MR) is 115 cm³/mol. The highest BCUT2D eigenvalue weighted by molar-refractivity contribution is 5.76. The molecule has 4 N–H and O–H groups in total. The molecule has 1 atom stereocenters. The van der Waals surface area contributed by atoms with E-state index in [1.807, 2.05) is 36.4 Å². The summed E-state index contributed by atoms with van der Waals surface area (Å²) in [5.74, 6) is -2.36. The molecule has 0 saturated carbocycles. The third-order valence-corrected chi connectivity index (χ3v) is 4.05. The number of anilines is 1. The van der Waals surface area contributed by atoms with Crippen molar-refractivity contribution >= 4 is 18.1 Å². The zero-order chi connectivity index (χ0) is 23.1. The van der Waals surface area contributed by atoms with Crippen molar-refractivity contribution in [2.75, 3.05) is 45.7 Å². The number of urea groups is 1. The number of nitrogens with one attached hydrogen (secondary N) is 2. The Labute approximate surface area is 180 Å². The number of aldehydes is 1. The van der Waals surface area contributed by atoms with Crippen molar-refractivity contribution in [1.29, 1.82) is 0 Å². The van der Waals surface area contributed by atoms with E-state index in [4.69, 9.17) is 9.53 Å². The Balaban J connectivity index is 0.000000395. The van der Waals surface area contributed by atoms with Crippen molar-refractivity contribution in [1.82, 2.24) is 15.2 Å². The van der Waals surface area contributed by atoms with Crippen molar-refractivity contribution in [3.8, 4) is 0 Å². The van der Waals surface area contributed by atoms with Crippen molar-refractivity contribution in [3.05, 3.63) is 60.3 Å². The minimum Gasteiger partial charge on any atom is -0.382 e. The summed E-state index contributed by atoms with van der Waals surface area (Å²) in [4.78, 5) is 26.1. The maximum Gasteiger partial charge on any atom is 0.318 e. The highest BCUT2D eigenvalue weighted by Gasteiger charge is 2.42. The summed E-state index contributed by atoms with van der Waals surface area (Å²) in [6.07, 6.45) is 2.21. The van der Waals surface area contributed by atoms with Crippen LogP contribution in [0, 0.1) is 0 Å². The van der Waals surface area contributed by atoms with Crippen LogP contribution in [0.3, 0.4) is 0 Å². The Morgan fingerprint density at radius 1 is 1.32 bits per heavy atom. The van der Waals surface area contributed by atoms with Crippen LogP contribution >= 0.6 is 0 Å². The highest BCUT2D eigenvalue weighted by atomic mass is 19.3. The predicted octanol–water partition coefficient (Wildman–Crippen LogP) is 2.30. The first-order valence-electron chi connectivity index (χ1n) is 9.57. The fourth-order valence-electron chi connectivity index (χ4n) is 2.63. The van der Waals surface area contributed by atoms with E-state index in [2.05, 4.69) is 21.4 Å². The average molecular weight is 437 g/mol. The fraction of sp³-hybridized carbons (Fsp3) is 0.381. The number of aromatic nitrogens is 1. The number of carbonyl (C=O) groups excluding carboxylic acids is 2. The number of ether oxygens (including phenoxy) is 1. The molecule has 170 valence electrons. The molecule has 10 heteroatoms. The van der Waals surface area contributed by atoms with Crippen molar-refractivity contribution in [3.63, 3.8) is 0 Å². The number of pyridine rings is 1. The van der Waals surface area contributed by atoms with Gasteiger partial charge in [0.15, 0.2) is 0 Å².